The predicted molar refractivity (Wildman–Crippen MR) is 106 cm³/mol. The molecule has 132 valence electrons. The molecule has 0 amide bonds. The molecule has 1 N–H and O–H groups in total. The first-order valence-corrected chi connectivity index (χ1v) is 8.98. The molecule has 0 saturated heterocycles. The third-order valence-electron chi connectivity index (χ3n) is 4.62. The Morgan fingerprint density at radius 1 is 0.885 bits per heavy atom. The number of aliphatic hydroxyl groups excluding tert-OH is 1. The van der Waals surface area contributed by atoms with Gasteiger partial charge in [-0.3, -0.25) is 4.79 Å². The molecule has 0 aliphatic carbocycles. The maximum Gasteiger partial charge on any atom is 0.298 e. The van der Waals surface area contributed by atoms with Crippen molar-refractivity contribution in [2.24, 2.45) is 0 Å². The van der Waals surface area contributed by atoms with E-state index in [0.717, 1.165) is 11.1 Å². The van der Waals surface area contributed by atoms with Crippen molar-refractivity contribution >= 4 is 19.1 Å². The van der Waals surface area contributed by atoms with Crippen molar-refractivity contribution in [3.05, 3.63) is 102 Å². The van der Waals surface area contributed by atoms with Gasteiger partial charge >= 0.3 is 0 Å². The highest BCUT2D eigenvalue weighted by molar-refractivity contribution is 7.80. The number of carbonyl (C=O) groups excluding carboxylic acids is 1. The molecule has 0 heterocycles. The summed E-state index contributed by atoms with van der Waals surface area (Å²) in [6.45, 7) is 0.409. The number of aliphatic hydroxyl groups is 1. The van der Waals surface area contributed by atoms with Gasteiger partial charge in [0.2, 0.25) is 0 Å². The lowest BCUT2D eigenvalue weighted by Crippen LogP contribution is -2.43. The number of ether oxygens (including phenoxy) is 1. The second-order valence-corrected chi connectivity index (χ2v) is 6.31. The maximum atomic E-state index is 11.2. The van der Waals surface area contributed by atoms with Crippen LogP contribution in [0.2, 0.25) is 0 Å². The Balaban J connectivity index is 2.41. The summed E-state index contributed by atoms with van der Waals surface area (Å²) < 4.78 is 5.26. The fourth-order valence-corrected chi connectivity index (χ4v) is 3.80. The van der Waals surface area contributed by atoms with E-state index < -0.39 is 11.5 Å². The molecule has 3 aromatic rings. The molecular weight excluding hydrogens is 344 g/mol. The average molecular weight is 364 g/mol. The quantitative estimate of drug-likeness (QED) is 0.380. The summed E-state index contributed by atoms with van der Waals surface area (Å²) >= 11 is 4.39. The number of rotatable bonds is 7. The van der Waals surface area contributed by atoms with Crippen molar-refractivity contribution in [2.75, 3.05) is 5.75 Å². The zero-order chi connectivity index (χ0) is 18.4. The van der Waals surface area contributed by atoms with Crippen molar-refractivity contribution in [2.45, 2.75) is 11.5 Å². The number of hydrogen-bond donors (Lipinski definition) is 2. The van der Waals surface area contributed by atoms with Gasteiger partial charge in [-0.05, 0) is 17.2 Å². The lowest BCUT2D eigenvalue weighted by Gasteiger charge is -2.40. The molecule has 26 heavy (non-hydrogen) atoms. The van der Waals surface area contributed by atoms with Crippen LogP contribution in [0.3, 0.4) is 0 Å². The van der Waals surface area contributed by atoms with Gasteiger partial charge in [-0.2, -0.15) is 12.6 Å². The predicted octanol–water partition coefficient (Wildman–Crippen LogP) is 3.85. The SMILES string of the molecule is O=COc1ccccc1C(c1ccccc1)(c1ccccc1)C(O)CS. The fraction of sp³-hybridized carbons (Fsp3) is 0.136. The standard InChI is InChI=1S/C22H20O3S/c23-16-25-20-14-8-7-13-19(20)22(21(24)15-26,17-9-3-1-4-10-17)18-11-5-2-6-12-18/h1-14,16,21,24,26H,15H2. The smallest absolute Gasteiger partial charge is 0.298 e. The minimum atomic E-state index is -0.927. The Morgan fingerprint density at radius 3 is 1.88 bits per heavy atom. The molecule has 1 atom stereocenters. The summed E-state index contributed by atoms with van der Waals surface area (Å²) in [5.74, 6) is 0.648. The highest BCUT2D eigenvalue weighted by Crippen LogP contribution is 2.46. The van der Waals surface area contributed by atoms with Crippen LogP contribution in [0.5, 0.6) is 5.75 Å². The minimum Gasteiger partial charge on any atom is -0.428 e. The molecule has 0 bridgehead atoms. The molecule has 0 spiro atoms. The van der Waals surface area contributed by atoms with Gasteiger partial charge < -0.3 is 9.84 Å². The molecule has 0 aliphatic rings. The van der Waals surface area contributed by atoms with Crippen LogP contribution in [0.4, 0.5) is 0 Å². The van der Waals surface area contributed by atoms with Crippen molar-refractivity contribution in [1.82, 2.24) is 0 Å². The van der Waals surface area contributed by atoms with E-state index in [1.54, 1.807) is 12.1 Å². The highest BCUT2D eigenvalue weighted by Gasteiger charge is 2.44. The van der Waals surface area contributed by atoms with Crippen molar-refractivity contribution in [3.8, 4) is 5.75 Å². The lowest BCUT2D eigenvalue weighted by atomic mass is 9.66. The summed E-state index contributed by atoms with van der Waals surface area (Å²) in [7, 11) is 0. The summed E-state index contributed by atoms with van der Waals surface area (Å²) in [6.07, 6.45) is -0.841. The van der Waals surface area contributed by atoms with Crippen molar-refractivity contribution < 1.29 is 14.6 Å². The molecule has 0 aromatic heterocycles. The molecule has 4 heteroatoms. The zero-order valence-corrected chi connectivity index (χ0v) is 15.1. The van der Waals surface area contributed by atoms with E-state index in [9.17, 15) is 9.90 Å². The number of carbonyl (C=O) groups is 1. The number of para-hydroxylation sites is 1. The Labute approximate surface area is 158 Å². The van der Waals surface area contributed by atoms with Gasteiger partial charge in [0.25, 0.3) is 6.47 Å². The molecule has 3 aromatic carbocycles. The third-order valence-corrected chi connectivity index (χ3v) is 4.96. The Morgan fingerprint density at radius 2 is 1.38 bits per heavy atom. The van der Waals surface area contributed by atoms with E-state index in [-0.39, 0.29) is 5.75 Å². The summed E-state index contributed by atoms with van der Waals surface area (Å²) in [5, 5.41) is 11.2. The van der Waals surface area contributed by atoms with Gasteiger partial charge in [0.05, 0.1) is 11.5 Å². The van der Waals surface area contributed by atoms with Crippen LogP contribution in [0.1, 0.15) is 16.7 Å². The summed E-state index contributed by atoms with van der Waals surface area (Å²) in [5.41, 5.74) is 1.58. The highest BCUT2D eigenvalue weighted by atomic mass is 32.1. The molecule has 0 aliphatic heterocycles. The largest absolute Gasteiger partial charge is 0.428 e. The zero-order valence-electron chi connectivity index (χ0n) is 14.2. The van der Waals surface area contributed by atoms with E-state index in [2.05, 4.69) is 12.6 Å². The molecule has 0 saturated carbocycles. The van der Waals surface area contributed by atoms with Gasteiger partial charge in [0, 0.05) is 11.3 Å². The Bertz CT molecular complexity index is 810. The first-order valence-electron chi connectivity index (χ1n) is 8.35. The topological polar surface area (TPSA) is 46.5 Å². The van der Waals surface area contributed by atoms with E-state index >= 15 is 0 Å². The second-order valence-electron chi connectivity index (χ2n) is 5.95. The van der Waals surface area contributed by atoms with Crippen LogP contribution in [-0.4, -0.2) is 23.4 Å². The first-order chi connectivity index (χ1) is 12.7. The van der Waals surface area contributed by atoms with Gasteiger partial charge in [0.1, 0.15) is 5.75 Å². The maximum absolute atomic E-state index is 11.2. The Hall–Kier alpha value is -2.56. The summed E-state index contributed by atoms with van der Waals surface area (Å²) in [6, 6.07) is 26.8. The van der Waals surface area contributed by atoms with Crippen LogP contribution in [0.15, 0.2) is 84.9 Å². The van der Waals surface area contributed by atoms with Gasteiger partial charge in [-0.25, -0.2) is 0 Å². The number of thiol groups is 1. The van der Waals surface area contributed by atoms with E-state index in [1.807, 2.05) is 72.8 Å². The van der Waals surface area contributed by atoms with Crippen LogP contribution >= 0.6 is 12.6 Å². The number of hydrogen-bond acceptors (Lipinski definition) is 4. The lowest BCUT2D eigenvalue weighted by molar-refractivity contribution is -0.120. The molecule has 0 fully saturated rings. The van der Waals surface area contributed by atoms with E-state index in [4.69, 9.17) is 4.74 Å². The van der Waals surface area contributed by atoms with Crippen molar-refractivity contribution in [3.63, 3.8) is 0 Å². The molecule has 0 radical (unpaired) electrons. The molecular formula is C22H20O3S. The van der Waals surface area contributed by atoms with Crippen LogP contribution in [-0.2, 0) is 10.2 Å². The second kappa shape index (κ2) is 8.21. The average Bonchev–Trinajstić information content (AvgIpc) is 2.71. The van der Waals surface area contributed by atoms with E-state index in [0.29, 0.717) is 17.8 Å². The van der Waals surface area contributed by atoms with Crippen LogP contribution < -0.4 is 4.74 Å². The number of benzene rings is 3. The monoisotopic (exact) mass is 364 g/mol. The van der Waals surface area contributed by atoms with Gasteiger partial charge in [-0.1, -0.05) is 78.9 Å². The van der Waals surface area contributed by atoms with Gasteiger partial charge in [-0.15, -0.1) is 0 Å². The first kappa shape index (κ1) is 18.2. The fourth-order valence-electron chi connectivity index (χ4n) is 3.53. The van der Waals surface area contributed by atoms with Crippen LogP contribution in [0.25, 0.3) is 0 Å². The normalized spacial score (nSPS) is 12.4. The summed E-state index contributed by atoms with van der Waals surface area (Å²) in [4.78, 5) is 11.1. The Kier molecular flexibility index (Phi) is 5.76. The van der Waals surface area contributed by atoms with Crippen molar-refractivity contribution in [1.29, 1.82) is 0 Å². The van der Waals surface area contributed by atoms with Crippen LogP contribution in [0, 0.1) is 0 Å². The third kappa shape index (κ3) is 3.14. The molecule has 3 rings (SSSR count). The molecule has 1 unspecified atom stereocenters. The minimum absolute atomic E-state index is 0.235. The van der Waals surface area contributed by atoms with Gasteiger partial charge in [0.15, 0.2) is 0 Å². The molecule has 3 nitrogen and oxygen atoms in total. The van der Waals surface area contributed by atoms with E-state index in [1.165, 1.54) is 0 Å².